The number of benzene rings is 5. The van der Waals surface area contributed by atoms with Crippen LogP contribution in [0.5, 0.6) is 0 Å². The Kier molecular flexibility index (Phi) is 9.34. The maximum Gasteiger partial charge on any atom is 0 e. The predicted octanol–water partition coefficient (Wildman–Crippen LogP) is 10.1. The van der Waals surface area contributed by atoms with E-state index in [1.807, 2.05) is 60.8 Å². The Morgan fingerprint density at radius 3 is 2.17 bits per heavy atom. The minimum Gasteiger partial charge on any atom is 0 e. The number of para-hydroxylation sites is 4. The summed E-state index contributed by atoms with van der Waals surface area (Å²) >= 11 is -1.72. The molecular formula is C41H35GeIrN3O-2. The third-order valence-corrected chi connectivity index (χ3v) is 12.7. The van der Waals surface area contributed by atoms with Crippen LogP contribution in [-0.2, 0) is 20.1 Å². The summed E-state index contributed by atoms with van der Waals surface area (Å²) in [7, 11) is 0. The molecule has 3 heterocycles. The van der Waals surface area contributed by atoms with Crippen molar-refractivity contribution in [2.45, 2.75) is 31.1 Å². The minimum atomic E-state index is -1.72. The van der Waals surface area contributed by atoms with E-state index in [4.69, 9.17) is 9.40 Å². The van der Waals surface area contributed by atoms with Crippen LogP contribution in [0.2, 0.25) is 17.3 Å². The Morgan fingerprint density at radius 2 is 1.45 bits per heavy atom. The molecule has 8 rings (SSSR count). The van der Waals surface area contributed by atoms with Crippen molar-refractivity contribution in [3.8, 4) is 28.3 Å². The summed E-state index contributed by atoms with van der Waals surface area (Å²) in [6, 6.07) is 45.7. The molecule has 3 aromatic heterocycles. The average Bonchev–Trinajstić information content (AvgIpc) is 3.64. The number of fused-ring (bicyclic) bond motifs is 4. The van der Waals surface area contributed by atoms with Crippen molar-refractivity contribution >= 4 is 50.6 Å². The second kappa shape index (κ2) is 13.4. The van der Waals surface area contributed by atoms with Crippen LogP contribution in [0.4, 0.5) is 0 Å². The van der Waals surface area contributed by atoms with Gasteiger partial charge in [0.1, 0.15) is 5.58 Å². The van der Waals surface area contributed by atoms with Crippen LogP contribution in [0.3, 0.4) is 0 Å². The van der Waals surface area contributed by atoms with Crippen molar-refractivity contribution in [1.29, 1.82) is 0 Å². The largest absolute Gasteiger partial charge is 0 e. The smallest absolute Gasteiger partial charge is 0 e. The molecule has 5 aromatic carbocycles. The summed E-state index contributed by atoms with van der Waals surface area (Å²) in [5.74, 6) is 7.99. The molecular weight excluding hydrogens is 815 g/mol. The van der Waals surface area contributed by atoms with Crippen LogP contribution in [0.1, 0.15) is 11.1 Å². The molecule has 6 heteroatoms. The maximum atomic E-state index is 6.30. The molecule has 0 bridgehead atoms. The van der Waals surface area contributed by atoms with Crippen molar-refractivity contribution < 1.29 is 24.5 Å². The SMILES string of the molecule is Cc1cccc(C)c1-n1c(-c2[c-]ccc3c2oc2ccccc23)nc2ccccc21.[CH3][Ge]([CH3])([CH3])[c]1ccc(-c2[c-]cccc2)nc1.[Ir]. The van der Waals surface area contributed by atoms with Crippen molar-refractivity contribution in [1.82, 2.24) is 14.5 Å². The molecule has 0 N–H and O–H groups in total. The summed E-state index contributed by atoms with van der Waals surface area (Å²) in [6.45, 7) is 4.29. The van der Waals surface area contributed by atoms with E-state index in [-0.39, 0.29) is 20.1 Å². The van der Waals surface area contributed by atoms with E-state index in [0.717, 1.165) is 61.3 Å². The Bertz CT molecular complexity index is 2300. The van der Waals surface area contributed by atoms with Gasteiger partial charge >= 0.3 is 99.8 Å². The molecule has 1 radical (unpaired) electrons. The van der Waals surface area contributed by atoms with Crippen LogP contribution in [0.25, 0.3) is 61.3 Å². The quantitative estimate of drug-likeness (QED) is 0.131. The first-order valence-electron chi connectivity index (χ1n) is 15.6. The molecule has 0 atom stereocenters. The van der Waals surface area contributed by atoms with E-state index < -0.39 is 13.3 Å². The molecule has 0 aliphatic heterocycles. The number of aromatic nitrogens is 3. The number of hydrogen-bond donors (Lipinski definition) is 0. The van der Waals surface area contributed by atoms with Gasteiger partial charge in [-0.1, -0.05) is 59.5 Å². The molecule has 0 saturated heterocycles. The molecule has 0 amide bonds. The van der Waals surface area contributed by atoms with Crippen LogP contribution >= 0.6 is 0 Å². The topological polar surface area (TPSA) is 43.9 Å². The van der Waals surface area contributed by atoms with Gasteiger partial charge in [0.05, 0.1) is 22.4 Å². The molecule has 0 aliphatic rings. The standard InChI is InChI=1S/C27H19N2O.C14H16GeN.Ir/c1-17-9-7-10-18(2)25(17)29-23-15-5-4-14-22(23)28-27(29)21-13-8-12-20-19-11-3-6-16-24(19)30-26(20)21;1-15(2,3)13-9-10-14(16-11-13)12-7-5-4-6-8-12;/h3-12,14-16H,1-2H3;4-7,9-11H,1-3H3;/q2*-1;. The zero-order chi connectivity index (χ0) is 31.8. The molecule has 4 nitrogen and oxygen atoms in total. The fourth-order valence-electron chi connectivity index (χ4n) is 5.98. The number of nitrogens with zero attached hydrogens (tertiary/aromatic N) is 3. The fraction of sp³-hybridized carbons (Fsp3) is 0.122. The van der Waals surface area contributed by atoms with Gasteiger partial charge in [-0.05, 0) is 43.2 Å². The Labute approximate surface area is 292 Å². The number of furan rings is 1. The molecule has 0 spiro atoms. The van der Waals surface area contributed by atoms with E-state index in [0.29, 0.717) is 0 Å². The van der Waals surface area contributed by atoms with Crippen molar-refractivity contribution in [2.75, 3.05) is 0 Å². The normalized spacial score (nSPS) is 11.3. The van der Waals surface area contributed by atoms with Crippen LogP contribution in [-0.4, -0.2) is 27.8 Å². The molecule has 0 unspecified atom stereocenters. The minimum absolute atomic E-state index is 0. The van der Waals surface area contributed by atoms with E-state index in [1.54, 1.807) is 0 Å². The van der Waals surface area contributed by atoms with Gasteiger partial charge in [0, 0.05) is 31.2 Å². The molecule has 0 fully saturated rings. The number of aryl methyl sites for hydroxylation is 2. The Hall–Kier alpha value is -4.29. The number of pyridine rings is 1. The van der Waals surface area contributed by atoms with E-state index in [2.05, 4.69) is 113 Å². The maximum absolute atomic E-state index is 6.30. The first kappa shape index (κ1) is 32.6. The second-order valence-electron chi connectivity index (χ2n) is 12.7. The summed E-state index contributed by atoms with van der Waals surface area (Å²) in [6.07, 6.45) is 2.04. The van der Waals surface area contributed by atoms with E-state index in [9.17, 15) is 0 Å². The summed E-state index contributed by atoms with van der Waals surface area (Å²) in [5.41, 5.74) is 10.2. The summed E-state index contributed by atoms with van der Waals surface area (Å²) in [5, 5.41) is 2.19. The Balaban J connectivity index is 0.000000194. The fourth-order valence-corrected chi connectivity index (χ4v) is 8.16. The van der Waals surface area contributed by atoms with Gasteiger partial charge in [-0.3, -0.25) is 4.98 Å². The molecule has 8 aromatic rings. The van der Waals surface area contributed by atoms with E-state index >= 15 is 0 Å². The molecule has 235 valence electrons. The van der Waals surface area contributed by atoms with Gasteiger partial charge in [0.25, 0.3) is 0 Å². The second-order valence-corrected chi connectivity index (χ2v) is 23.3. The van der Waals surface area contributed by atoms with Crippen molar-refractivity contribution in [2.24, 2.45) is 0 Å². The zero-order valence-electron chi connectivity index (χ0n) is 27.1. The molecule has 47 heavy (non-hydrogen) atoms. The first-order chi connectivity index (χ1) is 22.3. The van der Waals surface area contributed by atoms with E-state index in [1.165, 1.54) is 15.5 Å². The average molecular weight is 851 g/mol. The van der Waals surface area contributed by atoms with Crippen molar-refractivity contribution in [3.05, 3.63) is 145 Å². The van der Waals surface area contributed by atoms with Gasteiger partial charge in [-0.15, -0.1) is 18.2 Å². The van der Waals surface area contributed by atoms with Crippen molar-refractivity contribution in [3.63, 3.8) is 0 Å². The first-order valence-corrected chi connectivity index (χ1v) is 22.9. The van der Waals surface area contributed by atoms with Gasteiger partial charge in [-0.2, -0.15) is 0 Å². The monoisotopic (exact) mass is 852 g/mol. The van der Waals surface area contributed by atoms with Crippen LogP contribution in [0, 0.1) is 26.0 Å². The van der Waals surface area contributed by atoms with Crippen LogP contribution < -0.4 is 4.40 Å². The van der Waals surface area contributed by atoms with Gasteiger partial charge in [0.15, 0.2) is 0 Å². The van der Waals surface area contributed by atoms with Gasteiger partial charge in [-0.25, -0.2) is 0 Å². The van der Waals surface area contributed by atoms with Gasteiger partial charge < -0.3 is 8.98 Å². The summed E-state index contributed by atoms with van der Waals surface area (Å²) < 4.78 is 9.99. The number of imidazole rings is 1. The molecule has 0 aliphatic carbocycles. The Morgan fingerprint density at radius 1 is 0.702 bits per heavy atom. The van der Waals surface area contributed by atoms with Gasteiger partial charge in [0.2, 0.25) is 0 Å². The molecule has 0 saturated carbocycles. The summed E-state index contributed by atoms with van der Waals surface area (Å²) in [4.78, 5) is 9.56. The van der Waals surface area contributed by atoms with Crippen LogP contribution in [0.15, 0.2) is 126 Å². The number of rotatable bonds is 4. The third-order valence-electron chi connectivity index (χ3n) is 8.40. The third kappa shape index (κ3) is 6.36. The predicted molar refractivity (Wildman–Crippen MR) is 194 cm³/mol. The number of hydrogen-bond acceptors (Lipinski definition) is 3. The zero-order valence-corrected chi connectivity index (χ0v) is 31.6.